The number of nitrogens with two attached hydrogens (primary N) is 1. The number of rotatable bonds is 7. The van der Waals surface area contributed by atoms with E-state index < -0.39 is 0 Å². The van der Waals surface area contributed by atoms with Crippen LogP contribution in [0.4, 0.5) is 0 Å². The lowest BCUT2D eigenvalue weighted by Gasteiger charge is -2.18. The molecule has 1 heterocycles. The summed E-state index contributed by atoms with van der Waals surface area (Å²) >= 11 is 0. The molecule has 0 unspecified atom stereocenters. The molecule has 0 aliphatic heterocycles. The van der Waals surface area contributed by atoms with Gasteiger partial charge in [0.25, 0.3) is 0 Å². The number of likely N-dealkylation sites (N-methyl/N-ethyl adjacent to an activating group) is 1. The van der Waals surface area contributed by atoms with Crippen LogP contribution in [0.1, 0.15) is 24.0 Å². The van der Waals surface area contributed by atoms with Crippen LogP contribution in [0.15, 0.2) is 10.5 Å². The molecular formula is C12H22N2O2. The molecule has 1 aromatic rings. The zero-order valence-corrected chi connectivity index (χ0v) is 10.5. The van der Waals surface area contributed by atoms with E-state index in [4.69, 9.17) is 14.9 Å². The number of nitrogens with zero attached hydrogens (tertiary/aromatic N) is 1. The van der Waals surface area contributed by atoms with Gasteiger partial charge in [0, 0.05) is 13.7 Å². The first kappa shape index (κ1) is 13.2. The molecule has 4 heteroatoms. The molecule has 0 aliphatic rings. The third-order valence-electron chi connectivity index (χ3n) is 2.70. The van der Waals surface area contributed by atoms with Crippen molar-refractivity contribution < 1.29 is 9.15 Å². The number of aryl methyl sites for hydroxylation is 1. The van der Waals surface area contributed by atoms with E-state index in [1.165, 1.54) is 0 Å². The molecule has 0 radical (unpaired) electrons. The van der Waals surface area contributed by atoms with Gasteiger partial charge >= 0.3 is 0 Å². The summed E-state index contributed by atoms with van der Waals surface area (Å²) in [4.78, 5) is 2.28. The molecular weight excluding hydrogens is 204 g/mol. The summed E-state index contributed by atoms with van der Waals surface area (Å²) in [6, 6.07) is 2.07. The normalized spacial score (nSPS) is 11.3. The van der Waals surface area contributed by atoms with Crippen LogP contribution in [0.25, 0.3) is 0 Å². The largest absolute Gasteiger partial charge is 0.463 e. The van der Waals surface area contributed by atoms with Crippen LogP contribution >= 0.6 is 0 Å². The van der Waals surface area contributed by atoms with Crippen LogP contribution in [0.5, 0.6) is 0 Å². The van der Waals surface area contributed by atoms with Gasteiger partial charge in [0.05, 0.1) is 19.7 Å². The summed E-state index contributed by atoms with van der Waals surface area (Å²) in [5, 5.41) is 0. The smallest absolute Gasteiger partial charge is 0.120 e. The van der Waals surface area contributed by atoms with Crippen LogP contribution in [-0.2, 0) is 17.8 Å². The number of furan rings is 1. The Kier molecular flexibility index (Phi) is 5.52. The molecule has 0 atom stereocenters. The summed E-state index contributed by atoms with van der Waals surface area (Å²) in [5.41, 5.74) is 6.72. The van der Waals surface area contributed by atoms with Crippen molar-refractivity contribution in [2.75, 3.05) is 26.8 Å². The predicted molar refractivity (Wildman–Crippen MR) is 64.2 cm³/mol. The van der Waals surface area contributed by atoms with E-state index in [1.54, 1.807) is 7.11 Å². The molecule has 2 N–H and O–H groups in total. The van der Waals surface area contributed by atoms with Crippen molar-refractivity contribution in [1.29, 1.82) is 0 Å². The van der Waals surface area contributed by atoms with E-state index in [1.807, 2.05) is 6.92 Å². The zero-order chi connectivity index (χ0) is 12.0. The number of methoxy groups -OCH3 is 1. The molecule has 4 nitrogen and oxygen atoms in total. The van der Waals surface area contributed by atoms with E-state index >= 15 is 0 Å². The fourth-order valence-corrected chi connectivity index (χ4v) is 1.66. The Morgan fingerprint density at radius 3 is 2.75 bits per heavy atom. The molecule has 0 aliphatic carbocycles. The second-order valence-electron chi connectivity index (χ2n) is 3.88. The minimum Gasteiger partial charge on any atom is -0.463 e. The van der Waals surface area contributed by atoms with E-state index in [0.717, 1.165) is 43.3 Å². The molecule has 92 valence electrons. The third-order valence-corrected chi connectivity index (χ3v) is 2.70. The van der Waals surface area contributed by atoms with Crippen molar-refractivity contribution in [2.24, 2.45) is 5.73 Å². The summed E-state index contributed by atoms with van der Waals surface area (Å²) < 4.78 is 10.7. The molecule has 0 aromatic carbocycles. The quantitative estimate of drug-likeness (QED) is 0.765. The first-order chi connectivity index (χ1) is 7.71. The lowest BCUT2D eigenvalue weighted by atomic mass is 10.2. The monoisotopic (exact) mass is 226 g/mol. The average molecular weight is 226 g/mol. The number of hydrogen-bond donors (Lipinski definition) is 1. The fourth-order valence-electron chi connectivity index (χ4n) is 1.66. The predicted octanol–water partition coefficient (Wildman–Crippen LogP) is 1.52. The molecule has 0 fully saturated rings. The van der Waals surface area contributed by atoms with Gasteiger partial charge in [-0.25, -0.2) is 0 Å². The van der Waals surface area contributed by atoms with Gasteiger partial charge in [-0.2, -0.15) is 0 Å². The molecule has 0 saturated carbocycles. The van der Waals surface area contributed by atoms with Gasteiger partial charge < -0.3 is 14.9 Å². The SMILES string of the molecule is CCN(CCOC)Cc1cc(C)c(CN)o1. The van der Waals surface area contributed by atoms with Crippen molar-refractivity contribution in [3.8, 4) is 0 Å². The Balaban J connectivity index is 2.55. The van der Waals surface area contributed by atoms with Crippen molar-refractivity contribution in [1.82, 2.24) is 4.90 Å². The van der Waals surface area contributed by atoms with Gasteiger partial charge in [0.2, 0.25) is 0 Å². The first-order valence-corrected chi connectivity index (χ1v) is 5.70. The highest BCUT2D eigenvalue weighted by atomic mass is 16.5. The van der Waals surface area contributed by atoms with Crippen molar-refractivity contribution in [2.45, 2.75) is 26.9 Å². The van der Waals surface area contributed by atoms with Gasteiger partial charge in [-0.3, -0.25) is 4.90 Å². The first-order valence-electron chi connectivity index (χ1n) is 5.70. The maximum atomic E-state index is 5.67. The minimum atomic E-state index is 0.468. The maximum absolute atomic E-state index is 5.67. The second kappa shape index (κ2) is 6.68. The number of hydrogen-bond acceptors (Lipinski definition) is 4. The average Bonchev–Trinajstić information content (AvgIpc) is 2.64. The molecule has 1 rings (SSSR count). The van der Waals surface area contributed by atoms with E-state index in [9.17, 15) is 0 Å². The van der Waals surface area contributed by atoms with Crippen LogP contribution in [0.3, 0.4) is 0 Å². The lowest BCUT2D eigenvalue weighted by molar-refractivity contribution is 0.142. The van der Waals surface area contributed by atoms with E-state index in [0.29, 0.717) is 6.54 Å². The van der Waals surface area contributed by atoms with Gasteiger partial charge in [0.15, 0.2) is 0 Å². The van der Waals surface area contributed by atoms with E-state index in [2.05, 4.69) is 17.9 Å². The van der Waals surface area contributed by atoms with Crippen LogP contribution in [0.2, 0.25) is 0 Å². The van der Waals surface area contributed by atoms with Crippen LogP contribution < -0.4 is 5.73 Å². The Bertz CT molecular complexity index is 310. The molecule has 16 heavy (non-hydrogen) atoms. The molecule has 1 aromatic heterocycles. The number of ether oxygens (including phenoxy) is 1. The molecule has 0 bridgehead atoms. The van der Waals surface area contributed by atoms with Gasteiger partial charge in [-0.15, -0.1) is 0 Å². The van der Waals surface area contributed by atoms with E-state index in [-0.39, 0.29) is 0 Å². The van der Waals surface area contributed by atoms with Crippen LogP contribution in [0, 0.1) is 6.92 Å². The van der Waals surface area contributed by atoms with Crippen molar-refractivity contribution >= 4 is 0 Å². The Labute approximate surface area is 97.4 Å². The Hall–Kier alpha value is -0.840. The molecule has 0 saturated heterocycles. The van der Waals surface area contributed by atoms with Crippen molar-refractivity contribution in [3.05, 3.63) is 23.2 Å². The van der Waals surface area contributed by atoms with Gasteiger partial charge in [-0.1, -0.05) is 6.92 Å². The lowest BCUT2D eigenvalue weighted by Crippen LogP contribution is -2.26. The zero-order valence-electron chi connectivity index (χ0n) is 10.5. The second-order valence-corrected chi connectivity index (χ2v) is 3.88. The summed E-state index contributed by atoms with van der Waals surface area (Å²) in [7, 11) is 1.72. The summed E-state index contributed by atoms with van der Waals surface area (Å²) in [5.74, 6) is 1.87. The molecule has 0 spiro atoms. The standard InChI is InChI=1S/C12H22N2O2/c1-4-14(5-6-15-3)9-11-7-10(2)12(8-13)16-11/h7H,4-6,8-9,13H2,1-3H3. The molecule has 0 amide bonds. The van der Waals surface area contributed by atoms with Gasteiger partial charge in [-0.05, 0) is 25.1 Å². The third kappa shape index (κ3) is 3.63. The van der Waals surface area contributed by atoms with Gasteiger partial charge in [0.1, 0.15) is 11.5 Å². The Morgan fingerprint density at radius 1 is 1.50 bits per heavy atom. The van der Waals surface area contributed by atoms with Crippen LogP contribution in [-0.4, -0.2) is 31.7 Å². The maximum Gasteiger partial charge on any atom is 0.120 e. The minimum absolute atomic E-state index is 0.468. The van der Waals surface area contributed by atoms with Crippen molar-refractivity contribution in [3.63, 3.8) is 0 Å². The highest BCUT2D eigenvalue weighted by Crippen LogP contribution is 2.15. The summed E-state index contributed by atoms with van der Waals surface area (Å²) in [6.45, 7) is 8.11. The Morgan fingerprint density at radius 2 is 2.25 bits per heavy atom. The summed E-state index contributed by atoms with van der Waals surface area (Å²) in [6.07, 6.45) is 0. The topological polar surface area (TPSA) is 51.6 Å². The fraction of sp³-hybridized carbons (Fsp3) is 0.667. The highest BCUT2D eigenvalue weighted by Gasteiger charge is 2.09. The highest BCUT2D eigenvalue weighted by molar-refractivity contribution is 5.19.